The van der Waals surface area contributed by atoms with Crippen LogP contribution in [-0.2, 0) is 0 Å². The predicted molar refractivity (Wildman–Crippen MR) is 101 cm³/mol. The minimum absolute atomic E-state index is 0.317. The number of aryl methyl sites for hydroxylation is 1. The highest BCUT2D eigenvalue weighted by Crippen LogP contribution is 2.24. The molecule has 27 heavy (non-hydrogen) atoms. The summed E-state index contributed by atoms with van der Waals surface area (Å²) >= 11 is 0. The van der Waals surface area contributed by atoms with E-state index in [-0.39, 0.29) is 0 Å². The fourth-order valence-corrected chi connectivity index (χ4v) is 2.34. The highest BCUT2D eigenvalue weighted by Gasteiger charge is 2.05. The van der Waals surface area contributed by atoms with Crippen molar-refractivity contribution in [3.63, 3.8) is 0 Å². The summed E-state index contributed by atoms with van der Waals surface area (Å²) < 4.78 is 10.8. The maximum atomic E-state index is 5.78. The van der Waals surface area contributed by atoms with Crippen molar-refractivity contribution in [2.24, 2.45) is 0 Å². The second kappa shape index (κ2) is 7.52. The molecule has 0 spiro atoms. The molecule has 0 atom stereocenters. The van der Waals surface area contributed by atoms with E-state index in [1.807, 2.05) is 54.6 Å². The Kier molecular flexibility index (Phi) is 4.60. The molecule has 2 aromatic heterocycles. The summed E-state index contributed by atoms with van der Waals surface area (Å²) in [7, 11) is 0. The number of anilines is 4. The van der Waals surface area contributed by atoms with E-state index >= 15 is 0 Å². The lowest BCUT2D eigenvalue weighted by Gasteiger charge is -2.08. The van der Waals surface area contributed by atoms with Crippen LogP contribution in [0.15, 0.2) is 71.4 Å². The number of nitrogens with one attached hydrogen (secondary N) is 2. The number of hydrogen-bond donors (Lipinski definition) is 2. The van der Waals surface area contributed by atoms with Gasteiger partial charge in [0.15, 0.2) is 11.6 Å². The minimum Gasteiger partial charge on any atom is -0.457 e. The van der Waals surface area contributed by atoms with Crippen LogP contribution in [0.25, 0.3) is 0 Å². The number of ether oxygens (including phenoxy) is 1. The van der Waals surface area contributed by atoms with Crippen molar-refractivity contribution in [2.75, 3.05) is 10.6 Å². The zero-order valence-corrected chi connectivity index (χ0v) is 14.5. The van der Waals surface area contributed by atoms with Gasteiger partial charge in [-0.15, -0.1) is 5.10 Å². The van der Waals surface area contributed by atoms with Crippen LogP contribution in [0.2, 0.25) is 0 Å². The number of para-hydroxylation sites is 1. The van der Waals surface area contributed by atoms with Crippen LogP contribution < -0.4 is 15.4 Å². The zero-order valence-electron chi connectivity index (χ0n) is 14.5. The van der Waals surface area contributed by atoms with Gasteiger partial charge in [0, 0.05) is 11.8 Å². The standard InChI is InChI=1S/C19H16N6O2/c1-13-11-17(25-27-13)22-19-23-18(12-20-24-19)21-14-7-9-16(10-8-14)26-15-5-3-2-4-6-15/h2-12H,1H3,(H2,21,22,23,24,25). The molecule has 4 rings (SSSR count). The molecular weight excluding hydrogens is 344 g/mol. The van der Waals surface area contributed by atoms with Gasteiger partial charge < -0.3 is 19.9 Å². The van der Waals surface area contributed by atoms with E-state index < -0.39 is 0 Å². The van der Waals surface area contributed by atoms with Gasteiger partial charge in [0.2, 0.25) is 5.95 Å². The third-order valence-corrected chi connectivity index (χ3v) is 3.53. The van der Waals surface area contributed by atoms with Gasteiger partial charge >= 0.3 is 0 Å². The molecule has 0 unspecified atom stereocenters. The number of rotatable bonds is 6. The smallest absolute Gasteiger partial charge is 0.250 e. The van der Waals surface area contributed by atoms with Crippen molar-refractivity contribution in [1.29, 1.82) is 0 Å². The van der Waals surface area contributed by atoms with E-state index in [1.54, 1.807) is 13.0 Å². The van der Waals surface area contributed by atoms with Gasteiger partial charge in [0.05, 0.1) is 6.20 Å². The molecule has 0 aliphatic carbocycles. The van der Waals surface area contributed by atoms with Crippen molar-refractivity contribution in [2.45, 2.75) is 6.92 Å². The Morgan fingerprint density at radius 2 is 1.67 bits per heavy atom. The van der Waals surface area contributed by atoms with Crippen LogP contribution in [-0.4, -0.2) is 20.3 Å². The SMILES string of the molecule is Cc1cc(Nc2nncc(Nc3ccc(Oc4ccccc4)cc3)n2)no1. The summed E-state index contributed by atoms with van der Waals surface area (Å²) in [5.74, 6) is 3.61. The minimum atomic E-state index is 0.317. The first-order valence-corrected chi connectivity index (χ1v) is 8.25. The van der Waals surface area contributed by atoms with Crippen molar-refractivity contribution < 1.29 is 9.26 Å². The van der Waals surface area contributed by atoms with Crippen LogP contribution >= 0.6 is 0 Å². The maximum Gasteiger partial charge on any atom is 0.250 e. The molecule has 0 amide bonds. The van der Waals surface area contributed by atoms with Gasteiger partial charge in [-0.25, -0.2) is 0 Å². The average molecular weight is 360 g/mol. The molecule has 0 saturated carbocycles. The lowest BCUT2D eigenvalue weighted by Crippen LogP contribution is -2.02. The Balaban J connectivity index is 1.42. The van der Waals surface area contributed by atoms with Gasteiger partial charge in [0.1, 0.15) is 17.3 Å². The molecule has 8 nitrogen and oxygen atoms in total. The van der Waals surface area contributed by atoms with Crippen LogP contribution in [0, 0.1) is 6.92 Å². The molecule has 2 heterocycles. The summed E-state index contributed by atoms with van der Waals surface area (Å²) in [4.78, 5) is 4.35. The summed E-state index contributed by atoms with van der Waals surface area (Å²) in [5.41, 5.74) is 0.846. The molecule has 0 fully saturated rings. The Hall–Kier alpha value is -3.94. The summed E-state index contributed by atoms with van der Waals surface area (Å²) in [6.07, 6.45) is 1.54. The molecule has 0 radical (unpaired) electrons. The molecule has 134 valence electrons. The Morgan fingerprint density at radius 1 is 0.889 bits per heavy atom. The molecule has 0 bridgehead atoms. The molecule has 8 heteroatoms. The van der Waals surface area contributed by atoms with E-state index in [4.69, 9.17) is 9.26 Å². The van der Waals surface area contributed by atoms with E-state index in [2.05, 4.69) is 31.0 Å². The highest BCUT2D eigenvalue weighted by molar-refractivity contribution is 5.58. The second-order valence-electron chi connectivity index (χ2n) is 5.68. The molecule has 0 aliphatic rings. The average Bonchev–Trinajstić information content (AvgIpc) is 3.09. The Labute approximate surface area is 155 Å². The zero-order chi connectivity index (χ0) is 18.5. The van der Waals surface area contributed by atoms with Gasteiger partial charge in [-0.3, -0.25) is 0 Å². The summed E-state index contributed by atoms with van der Waals surface area (Å²) in [6.45, 7) is 1.81. The fourth-order valence-electron chi connectivity index (χ4n) is 2.34. The molecule has 2 aromatic carbocycles. The second-order valence-corrected chi connectivity index (χ2v) is 5.68. The maximum absolute atomic E-state index is 5.78. The monoisotopic (exact) mass is 360 g/mol. The predicted octanol–water partition coefficient (Wildman–Crippen LogP) is 4.45. The van der Waals surface area contributed by atoms with Crippen LogP contribution in [0.3, 0.4) is 0 Å². The lowest BCUT2D eigenvalue weighted by molar-refractivity contribution is 0.400. The molecular formula is C19H16N6O2. The van der Waals surface area contributed by atoms with E-state index in [1.165, 1.54) is 6.20 Å². The summed E-state index contributed by atoms with van der Waals surface area (Å²) in [5, 5.41) is 17.8. The van der Waals surface area contributed by atoms with E-state index in [0.29, 0.717) is 23.3 Å². The third-order valence-electron chi connectivity index (χ3n) is 3.53. The number of aromatic nitrogens is 4. The first-order chi connectivity index (χ1) is 13.2. The van der Waals surface area contributed by atoms with Gasteiger partial charge in [-0.05, 0) is 43.3 Å². The van der Waals surface area contributed by atoms with Gasteiger partial charge in [0.25, 0.3) is 0 Å². The van der Waals surface area contributed by atoms with Crippen LogP contribution in [0.1, 0.15) is 5.76 Å². The molecule has 0 saturated heterocycles. The van der Waals surface area contributed by atoms with E-state index in [9.17, 15) is 0 Å². The van der Waals surface area contributed by atoms with Crippen molar-refractivity contribution in [1.82, 2.24) is 20.3 Å². The van der Waals surface area contributed by atoms with Gasteiger partial charge in [-0.2, -0.15) is 10.1 Å². The van der Waals surface area contributed by atoms with Crippen LogP contribution in [0.4, 0.5) is 23.3 Å². The summed E-state index contributed by atoms with van der Waals surface area (Å²) in [6, 6.07) is 18.9. The first kappa shape index (κ1) is 16.5. The number of nitrogens with zero attached hydrogens (tertiary/aromatic N) is 4. The Bertz CT molecular complexity index is 1020. The highest BCUT2D eigenvalue weighted by atomic mass is 16.5. The lowest BCUT2D eigenvalue weighted by atomic mass is 10.3. The largest absolute Gasteiger partial charge is 0.457 e. The Morgan fingerprint density at radius 3 is 2.41 bits per heavy atom. The van der Waals surface area contributed by atoms with E-state index in [0.717, 1.165) is 17.2 Å². The van der Waals surface area contributed by atoms with Crippen LogP contribution in [0.5, 0.6) is 11.5 Å². The quantitative estimate of drug-likeness (QED) is 0.520. The topological polar surface area (TPSA) is 98.0 Å². The number of benzene rings is 2. The number of hydrogen-bond acceptors (Lipinski definition) is 8. The third kappa shape index (κ3) is 4.37. The fraction of sp³-hybridized carbons (Fsp3) is 0.0526. The normalized spacial score (nSPS) is 10.4. The van der Waals surface area contributed by atoms with Gasteiger partial charge in [-0.1, -0.05) is 23.4 Å². The molecule has 0 aliphatic heterocycles. The first-order valence-electron chi connectivity index (χ1n) is 8.25. The van der Waals surface area contributed by atoms with Crippen molar-refractivity contribution >= 4 is 23.3 Å². The van der Waals surface area contributed by atoms with Crippen molar-refractivity contribution in [3.05, 3.63) is 72.6 Å². The molecule has 4 aromatic rings. The van der Waals surface area contributed by atoms with Crippen molar-refractivity contribution in [3.8, 4) is 11.5 Å². The molecule has 2 N–H and O–H groups in total.